The van der Waals surface area contributed by atoms with Gasteiger partial charge >= 0.3 is 18.2 Å². The van der Waals surface area contributed by atoms with Crippen molar-refractivity contribution in [2.45, 2.75) is 12.8 Å². The molecule has 6 nitrogen and oxygen atoms in total. The molecule has 0 radical (unpaired) electrons. The van der Waals surface area contributed by atoms with Crippen LogP contribution in [0, 0.1) is 0 Å². The van der Waals surface area contributed by atoms with Crippen LogP contribution in [0.25, 0.3) is 11.4 Å². The van der Waals surface area contributed by atoms with Crippen LogP contribution >= 0.6 is 0 Å². The summed E-state index contributed by atoms with van der Waals surface area (Å²) in [7, 11) is 1.43. The molecule has 0 aliphatic heterocycles. The minimum absolute atomic E-state index is 0.0417. The molecule has 0 fully saturated rings. The Morgan fingerprint density at radius 3 is 2.52 bits per heavy atom. The highest BCUT2D eigenvalue weighted by Gasteiger charge is 2.38. The van der Waals surface area contributed by atoms with Crippen molar-refractivity contribution in [2.75, 3.05) is 7.05 Å². The molecule has 1 heterocycles. The van der Waals surface area contributed by atoms with Gasteiger partial charge in [-0.05, 0) is 5.56 Å². The van der Waals surface area contributed by atoms with E-state index < -0.39 is 18.2 Å². The number of carbonyl (C=O) groups is 1. The Labute approximate surface area is 116 Å². The summed E-state index contributed by atoms with van der Waals surface area (Å²) < 4.78 is 46.0. The third-order valence-corrected chi connectivity index (χ3v) is 2.45. The summed E-state index contributed by atoms with van der Waals surface area (Å²) in [5.41, 5.74) is 1.03. The molecule has 2 aromatic rings. The SMILES string of the molecule is CNC(=O)OCc1ccc(-c2noc(C(F)(F)F)n2)cc1. The fraction of sp³-hybridized carbons (Fsp3) is 0.250. The number of hydrogen-bond acceptors (Lipinski definition) is 5. The fourth-order valence-electron chi connectivity index (χ4n) is 1.43. The molecule has 0 bridgehead atoms. The Hall–Kier alpha value is -2.58. The Bertz CT molecular complexity index is 623. The van der Waals surface area contributed by atoms with Gasteiger partial charge in [0.15, 0.2) is 0 Å². The van der Waals surface area contributed by atoms with Gasteiger partial charge in [0.2, 0.25) is 5.82 Å². The fourth-order valence-corrected chi connectivity index (χ4v) is 1.43. The number of rotatable bonds is 3. The Morgan fingerprint density at radius 2 is 2.00 bits per heavy atom. The Kier molecular flexibility index (Phi) is 4.10. The van der Waals surface area contributed by atoms with Gasteiger partial charge in [-0.15, -0.1) is 0 Å². The number of hydrogen-bond donors (Lipinski definition) is 1. The first-order chi connectivity index (χ1) is 9.90. The average Bonchev–Trinajstić information content (AvgIpc) is 2.95. The molecule has 1 N–H and O–H groups in total. The zero-order valence-corrected chi connectivity index (χ0v) is 10.8. The van der Waals surface area contributed by atoms with Gasteiger partial charge in [0.05, 0.1) is 0 Å². The second-order valence-corrected chi connectivity index (χ2v) is 3.94. The minimum Gasteiger partial charge on any atom is -0.445 e. The quantitative estimate of drug-likeness (QED) is 0.943. The van der Waals surface area contributed by atoms with E-state index in [0.29, 0.717) is 11.1 Å². The summed E-state index contributed by atoms with van der Waals surface area (Å²) in [5.74, 6) is -1.56. The van der Waals surface area contributed by atoms with Crippen molar-refractivity contribution in [3.05, 3.63) is 35.7 Å². The van der Waals surface area contributed by atoms with E-state index in [-0.39, 0.29) is 12.4 Å². The molecule has 9 heteroatoms. The maximum absolute atomic E-state index is 12.3. The normalized spacial score (nSPS) is 11.2. The number of carbonyl (C=O) groups excluding carboxylic acids is 1. The number of nitrogens with one attached hydrogen (secondary N) is 1. The van der Waals surface area contributed by atoms with Gasteiger partial charge in [0.25, 0.3) is 0 Å². The number of alkyl halides is 3. The summed E-state index contributed by atoms with van der Waals surface area (Å²) in [5, 5.41) is 5.56. The van der Waals surface area contributed by atoms with Gasteiger partial charge in [-0.2, -0.15) is 18.2 Å². The molecule has 2 rings (SSSR count). The highest BCUT2D eigenvalue weighted by atomic mass is 19.4. The second-order valence-electron chi connectivity index (χ2n) is 3.94. The van der Waals surface area contributed by atoms with E-state index >= 15 is 0 Å². The molecule has 0 unspecified atom stereocenters. The number of halogens is 3. The number of benzene rings is 1. The lowest BCUT2D eigenvalue weighted by Gasteiger charge is -2.04. The standard InChI is InChI=1S/C12H10F3N3O3/c1-16-11(19)20-6-7-2-4-8(5-3-7)9-17-10(21-18-9)12(13,14)15/h2-5H,6H2,1H3,(H,16,19). The second kappa shape index (κ2) is 5.81. The van der Waals surface area contributed by atoms with Crippen molar-refractivity contribution in [2.24, 2.45) is 0 Å². The van der Waals surface area contributed by atoms with Gasteiger partial charge in [-0.3, -0.25) is 0 Å². The molecule has 21 heavy (non-hydrogen) atoms. The first-order valence-corrected chi connectivity index (χ1v) is 5.75. The largest absolute Gasteiger partial charge is 0.471 e. The lowest BCUT2D eigenvalue weighted by atomic mass is 10.1. The third-order valence-electron chi connectivity index (χ3n) is 2.45. The number of nitrogens with zero attached hydrogens (tertiary/aromatic N) is 2. The van der Waals surface area contributed by atoms with Gasteiger partial charge < -0.3 is 14.6 Å². The monoisotopic (exact) mass is 301 g/mol. The van der Waals surface area contributed by atoms with Crippen molar-refractivity contribution in [3.63, 3.8) is 0 Å². The van der Waals surface area contributed by atoms with Crippen LogP contribution in [0.1, 0.15) is 11.5 Å². The van der Waals surface area contributed by atoms with Crippen molar-refractivity contribution >= 4 is 6.09 Å². The van der Waals surface area contributed by atoms with Crippen molar-refractivity contribution < 1.29 is 27.2 Å². The summed E-state index contributed by atoms with van der Waals surface area (Å²) in [6.45, 7) is 0.0417. The van der Waals surface area contributed by atoms with Crippen molar-refractivity contribution in [1.29, 1.82) is 0 Å². The molecule has 0 saturated carbocycles. The van der Waals surface area contributed by atoms with Crippen LogP contribution in [-0.4, -0.2) is 23.3 Å². The van der Waals surface area contributed by atoms with Gasteiger partial charge in [-0.1, -0.05) is 29.4 Å². The summed E-state index contributed by atoms with van der Waals surface area (Å²) >= 11 is 0. The average molecular weight is 301 g/mol. The van der Waals surface area contributed by atoms with Gasteiger partial charge in [-0.25, -0.2) is 4.79 Å². The maximum Gasteiger partial charge on any atom is 0.471 e. The van der Waals surface area contributed by atoms with Crippen LogP contribution < -0.4 is 5.32 Å². The molecule has 0 aliphatic rings. The number of amides is 1. The van der Waals surface area contributed by atoms with Crippen molar-refractivity contribution in [3.8, 4) is 11.4 Å². The van der Waals surface area contributed by atoms with E-state index in [0.717, 1.165) is 0 Å². The highest BCUT2D eigenvalue weighted by molar-refractivity contribution is 5.66. The molecule has 1 amide bonds. The van der Waals surface area contributed by atoms with E-state index in [1.54, 1.807) is 12.1 Å². The van der Waals surface area contributed by atoms with E-state index in [9.17, 15) is 18.0 Å². The van der Waals surface area contributed by atoms with E-state index in [1.807, 2.05) is 0 Å². The number of ether oxygens (including phenoxy) is 1. The van der Waals surface area contributed by atoms with Crippen LogP contribution in [-0.2, 0) is 17.5 Å². The van der Waals surface area contributed by atoms with Gasteiger partial charge in [0.1, 0.15) is 6.61 Å². The topological polar surface area (TPSA) is 77.2 Å². The predicted molar refractivity (Wildman–Crippen MR) is 64.0 cm³/mol. The molecule has 0 spiro atoms. The van der Waals surface area contributed by atoms with Crippen LogP contribution in [0.3, 0.4) is 0 Å². The minimum atomic E-state index is -4.67. The smallest absolute Gasteiger partial charge is 0.445 e. The number of alkyl carbamates (subject to hydrolysis) is 1. The first-order valence-electron chi connectivity index (χ1n) is 5.75. The molecule has 112 valence electrons. The molecule has 0 aliphatic carbocycles. The lowest BCUT2D eigenvalue weighted by molar-refractivity contribution is -0.159. The number of aromatic nitrogens is 2. The van der Waals surface area contributed by atoms with E-state index in [1.165, 1.54) is 19.2 Å². The molecule has 1 aromatic carbocycles. The highest BCUT2D eigenvalue weighted by Crippen LogP contribution is 2.29. The summed E-state index contributed by atoms with van der Waals surface area (Å²) in [6.07, 6.45) is -5.25. The van der Waals surface area contributed by atoms with Crippen LogP contribution in [0.15, 0.2) is 28.8 Å². The lowest BCUT2D eigenvalue weighted by Crippen LogP contribution is -2.18. The molecular weight excluding hydrogens is 291 g/mol. The molecular formula is C12H10F3N3O3. The first kappa shape index (κ1) is 14.8. The van der Waals surface area contributed by atoms with E-state index in [4.69, 9.17) is 4.74 Å². The van der Waals surface area contributed by atoms with Crippen LogP contribution in [0.4, 0.5) is 18.0 Å². The zero-order valence-electron chi connectivity index (χ0n) is 10.8. The zero-order chi connectivity index (χ0) is 15.5. The van der Waals surface area contributed by atoms with E-state index in [2.05, 4.69) is 20.0 Å². The summed E-state index contributed by atoms with van der Waals surface area (Å²) in [4.78, 5) is 14.2. The van der Waals surface area contributed by atoms with Crippen molar-refractivity contribution in [1.82, 2.24) is 15.5 Å². The predicted octanol–water partition coefficient (Wildman–Crippen LogP) is 2.61. The third kappa shape index (κ3) is 3.71. The summed E-state index contributed by atoms with van der Waals surface area (Å²) in [6, 6.07) is 6.19. The van der Waals surface area contributed by atoms with Gasteiger partial charge in [0, 0.05) is 12.6 Å². The Balaban J connectivity index is 2.08. The maximum atomic E-state index is 12.3. The molecule has 0 atom stereocenters. The van der Waals surface area contributed by atoms with Crippen LogP contribution in [0.2, 0.25) is 0 Å². The van der Waals surface area contributed by atoms with Crippen LogP contribution in [0.5, 0.6) is 0 Å². The molecule has 1 aromatic heterocycles. The Morgan fingerprint density at radius 1 is 1.33 bits per heavy atom. The molecule has 0 saturated heterocycles.